The molecule has 4 heterocycles. The number of thiophene rings is 2. The molecule has 7 heteroatoms. The van der Waals surface area contributed by atoms with Crippen LogP contribution >= 0.6 is 22.7 Å². The first kappa shape index (κ1) is 24.5. The number of ether oxygens (including phenoxy) is 4. The molecule has 0 amide bonds. The van der Waals surface area contributed by atoms with Crippen LogP contribution in [0.4, 0.5) is 0 Å². The van der Waals surface area contributed by atoms with Gasteiger partial charge < -0.3 is 24.1 Å². The first-order valence-electron chi connectivity index (χ1n) is 10.3. The van der Waals surface area contributed by atoms with Crippen molar-refractivity contribution in [2.24, 2.45) is 5.41 Å². The first-order chi connectivity index (χ1) is 14.1. The van der Waals surface area contributed by atoms with Gasteiger partial charge in [-0.2, -0.15) is 0 Å². The Morgan fingerprint density at radius 3 is 2.03 bits per heavy atom. The van der Waals surface area contributed by atoms with Crippen LogP contribution in [0.2, 0.25) is 0 Å². The summed E-state index contributed by atoms with van der Waals surface area (Å²) in [5.74, 6) is 0. The van der Waals surface area contributed by atoms with Gasteiger partial charge in [-0.05, 0) is 22.9 Å². The molecule has 4 rings (SSSR count). The Morgan fingerprint density at radius 2 is 1.52 bits per heavy atom. The molecule has 2 aliphatic rings. The molecule has 5 atom stereocenters. The fraction of sp³-hybridized carbons (Fsp3) is 0.636. The summed E-state index contributed by atoms with van der Waals surface area (Å²) >= 11 is 3.20. The second kappa shape index (κ2) is 11.6. The van der Waals surface area contributed by atoms with Crippen molar-refractivity contribution in [3.8, 4) is 0 Å². The van der Waals surface area contributed by atoms with Crippen molar-refractivity contribution in [1.29, 1.82) is 0 Å². The molecule has 0 spiro atoms. The van der Waals surface area contributed by atoms with Gasteiger partial charge in [-0.3, -0.25) is 0 Å². The van der Waals surface area contributed by atoms with E-state index in [1.165, 1.54) is 0 Å². The number of hydrogen-bond donors (Lipinski definition) is 1. The number of fused-ring (bicyclic) bond motifs is 1. The quantitative estimate of drug-likeness (QED) is 0.651. The first-order valence-corrected chi connectivity index (χ1v) is 12.1. The van der Waals surface area contributed by atoms with Crippen molar-refractivity contribution >= 4 is 22.7 Å². The third kappa shape index (κ3) is 5.67. The zero-order valence-corrected chi connectivity index (χ0v) is 19.8. The van der Waals surface area contributed by atoms with E-state index in [1.807, 2.05) is 76.6 Å². The van der Waals surface area contributed by atoms with Gasteiger partial charge in [-0.15, -0.1) is 22.7 Å². The Bertz CT molecular complexity index is 671. The fourth-order valence-electron chi connectivity index (χ4n) is 3.18. The zero-order chi connectivity index (χ0) is 21.4. The molecule has 0 saturated carbocycles. The summed E-state index contributed by atoms with van der Waals surface area (Å²) in [5.41, 5.74) is -0.459. The third-order valence-corrected chi connectivity index (χ3v) is 6.44. The SMILES string of the molecule is CC.CC.CC(C)(CO)[C@H]1OC(c2cccs2)O[C@H]2COC(c3cccs3)O[C@H]21. The highest BCUT2D eigenvalue weighted by molar-refractivity contribution is 7.10. The molecule has 164 valence electrons. The van der Waals surface area contributed by atoms with Crippen LogP contribution in [0.1, 0.15) is 63.9 Å². The average Bonchev–Trinajstić information content (AvgIpc) is 3.50. The van der Waals surface area contributed by atoms with Gasteiger partial charge in [0.15, 0.2) is 12.6 Å². The molecule has 0 aliphatic carbocycles. The van der Waals surface area contributed by atoms with E-state index in [4.69, 9.17) is 18.9 Å². The predicted molar refractivity (Wildman–Crippen MR) is 118 cm³/mol. The monoisotopic (exact) mass is 442 g/mol. The van der Waals surface area contributed by atoms with Gasteiger partial charge in [-0.25, -0.2) is 0 Å². The van der Waals surface area contributed by atoms with Crippen molar-refractivity contribution < 1.29 is 24.1 Å². The smallest absolute Gasteiger partial charge is 0.194 e. The highest BCUT2D eigenvalue weighted by atomic mass is 32.1. The number of hydrogen-bond acceptors (Lipinski definition) is 7. The summed E-state index contributed by atoms with van der Waals surface area (Å²) in [6.45, 7) is 12.4. The lowest BCUT2D eigenvalue weighted by molar-refractivity contribution is -0.376. The summed E-state index contributed by atoms with van der Waals surface area (Å²) < 4.78 is 24.5. The maximum atomic E-state index is 9.90. The molecular weight excluding hydrogens is 408 g/mol. The van der Waals surface area contributed by atoms with E-state index in [0.29, 0.717) is 6.61 Å². The molecule has 0 radical (unpaired) electrons. The van der Waals surface area contributed by atoms with Crippen LogP contribution in [0.5, 0.6) is 0 Å². The predicted octanol–water partition coefficient (Wildman–Crippen LogP) is 5.78. The highest BCUT2D eigenvalue weighted by Crippen LogP contribution is 2.44. The van der Waals surface area contributed by atoms with Crippen molar-refractivity contribution in [3.05, 3.63) is 44.8 Å². The van der Waals surface area contributed by atoms with Gasteiger partial charge in [0.1, 0.15) is 12.2 Å². The van der Waals surface area contributed by atoms with Crippen molar-refractivity contribution in [1.82, 2.24) is 0 Å². The summed E-state index contributed by atoms with van der Waals surface area (Å²) in [6, 6.07) is 7.96. The Labute approximate surface area is 182 Å². The van der Waals surface area contributed by atoms with Crippen molar-refractivity contribution in [2.45, 2.75) is 72.4 Å². The van der Waals surface area contributed by atoms with Gasteiger partial charge >= 0.3 is 0 Å². The second-order valence-electron chi connectivity index (χ2n) is 7.01. The van der Waals surface area contributed by atoms with E-state index in [-0.39, 0.29) is 24.9 Å². The standard InChI is InChI=1S/C18H22O5S2.2C2H6/c1-18(2,10-19)15-14-11(21-17(23-15)13-6-4-8-25-13)9-20-16(22-14)12-5-3-7-24-12;2*1-2/h3-8,11,14-17,19H,9-10H2,1-2H3;2*1-2H3/t11-,14+,15-,16?,17?;;/m0../s1. The molecule has 2 unspecified atom stereocenters. The lowest BCUT2D eigenvalue weighted by Gasteiger charge is -2.49. The van der Waals surface area contributed by atoms with Crippen LogP contribution in [0, 0.1) is 5.41 Å². The summed E-state index contributed by atoms with van der Waals surface area (Å²) in [5, 5.41) is 13.9. The summed E-state index contributed by atoms with van der Waals surface area (Å²) in [6.07, 6.45) is -1.69. The Balaban J connectivity index is 0.000000707. The molecule has 2 saturated heterocycles. The Kier molecular flexibility index (Phi) is 9.75. The minimum absolute atomic E-state index is 0.00589. The minimum Gasteiger partial charge on any atom is -0.396 e. The average molecular weight is 443 g/mol. The van der Waals surface area contributed by atoms with Crippen LogP contribution in [0.15, 0.2) is 35.0 Å². The van der Waals surface area contributed by atoms with E-state index < -0.39 is 18.0 Å². The number of rotatable bonds is 4. The summed E-state index contributed by atoms with van der Waals surface area (Å²) in [4.78, 5) is 2.04. The topological polar surface area (TPSA) is 57.2 Å². The second-order valence-corrected chi connectivity index (χ2v) is 8.97. The van der Waals surface area contributed by atoms with Gasteiger partial charge in [0, 0.05) is 5.41 Å². The molecule has 2 aromatic rings. The molecule has 5 nitrogen and oxygen atoms in total. The Hall–Kier alpha value is -0.800. The van der Waals surface area contributed by atoms with E-state index in [2.05, 4.69) is 0 Å². The van der Waals surface area contributed by atoms with Crippen LogP contribution in [0.3, 0.4) is 0 Å². The largest absolute Gasteiger partial charge is 0.396 e. The number of aliphatic hydroxyl groups is 1. The molecule has 2 aliphatic heterocycles. The summed E-state index contributed by atoms with van der Waals surface area (Å²) in [7, 11) is 0. The van der Waals surface area contributed by atoms with Gasteiger partial charge in [0.2, 0.25) is 0 Å². The van der Waals surface area contributed by atoms with E-state index >= 15 is 0 Å². The van der Waals surface area contributed by atoms with Crippen molar-refractivity contribution in [2.75, 3.05) is 13.2 Å². The third-order valence-electron chi connectivity index (χ3n) is 4.65. The van der Waals surface area contributed by atoms with Crippen molar-refractivity contribution in [3.63, 3.8) is 0 Å². The normalized spacial score (nSPS) is 29.0. The van der Waals surface area contributed by atoms with Crippen LogP contribution in [0.25, 0.3) is 0 Å². The van der Waals surface area contributed by atoms with E-state index in [9.17, 15) is 5.11 Å². The lowest BCUT2D eigenvalue weighted by atomic mass is 9.81. The van der Waals surface area contributed by atoms with Gasteiger partial charge in [0.05, 0.1) is 29.1 Å². The van der Waals surface area contributed by atoms with E-state index in [0.717, 1.165) is 9.75 Å². The molecule has 1 N–H and O–H groups in total. The molecular formula is C22H34O5S2. The molecule has 0 aromatic carbocycles. The minimum atomic E-state index is -0.459. The van der Waals surface area contributed by atoms with Crippen LogP contribution in [-0.2, 0) is 18.9 Å². The molecule has 0 bridgehead atoms. The zero-order valence-electron chi connectivity index (χ0n) is 18.2. The fourth-order valence-corrected chi connectivity index (χ4v) is 4.58. The van der Waals surface area contributed by atoms with Crippen LogP contribution < -0.4 is 0 Å². The molecule has 2 fully saturated rings. The lowest BCUT2D eigenvalue weighted by Crippen LogP contribution is -2.59. The van der Waals surface area contributed by atoms with Crippen LogP contribution in [-0.4, -0.2) is 36.6 Å². The molecule has 2 aromatic heterocycles. The Morgan fingerprint density at radius 1 is 0.931 bits per heavy atom. The van der Waals surface area contributed by atoms with E-state index in [1.54, 1.807) is 22.7 Å². The highest BCUT2D eigenvalue weighted by Gasteiger charge is 2.51. The maximum absolute atomic E-state index is 9.90. The number of aliphatic hydroxyl groups excluding tert-OH is 1. The van der Waals surface area contributed by atoms with Gasteiger partial charge in [0.25, 0.3) is 0 Å². The van der Waals surface area contributed by atoms with Gasteiger partial charge in [-0.1, -0.05) is 53.7 Å². The molecule has 29 heavy (non-hydrogen) atoms. The maximum Gasteiger partial charge on any atom is 0.194 e.